The summed E-state index contributed by atoms with van der Waals surface area (Å²) in [5.74, 6) is 4.91. The van der Waals surface area contributed by atoms with Crippen LogP contribution in [-0.4, -0.2) is 16.9 Å². The minimum atomic E-state index is -0.572. The number of carbonyl (C=O) groups excluding carboxylic acids is 1. The third-order valence-electron chi connectivity index (χ3n) is 4.91. The lowest BCUT2D eigenvalue weighted by Crippen LogP contribution is -2.29. The van der Waals surface area contributed by atoms with Crippen LogP contribution >= 0.6 is 0 Å². The van der Waals surface area contributed by atoms with Crippen molar-refractivity contribution in [3.8, 4) is 0 Å². The number of amides is 1. The second kappa shape index (κ2) is 4.70. The SMILES string of the molecule is CC1(C)C(NC(=O)c2ccc(NN)c([N+](=O)[O-])c2)C1(C)C. The van der Waals surface area contributed by atoms with Crippen molar-refractivity contribution in [1.82, 2.24) is 5.32 Å². The largest absolute Gasteiger partial charge is 0.348 e. The summed E-state index contributed by atoms with van der Waals surface area (Å²) in [6, 6.07) is 4.21. The van der Waals surface area contributed by atoms with E-state index in [1.54, 1.807) is 0 Å². The minimum Gasteiger partial charge on any atom is -0.348 e. The topological polar surface area (TPSA) is 110 Å². The fourth-order valence-corrected chi connectivity index (χ4v) is 2.72. The van der Waals surface area contributed by atoms with Gasteiger partial charge in [-0.05, 0) is 23.0 Å². The number of nitrogens with zero attached hydrogens (tertiary/aromatic N) is 1. The third-order valence-corrected chi connectivity index (χ3v) is 4.91. The molecule has 0 unspecified atom stereocenters. The number of nitrogen functional groups attached to an aromatic ring is 1. The van der Waals surface area contributed by atoms with Crippen LogP contribution in [0.15, 0.2) is 18.2 Å². The van der Waals surface area contributed by atoms with E-state index in [1.165, 1.54) is 18.2 Å². The van der Waals surface area contributed by atoms with E-state index in [0.29, 0.717) is 0 Å². The number of hydrogen-bond donors (Lipinski definition) is 3. The maximum Gasteiger partial charge on any atom is 0.294 e. The number of nitro benzene ring substituents is 1. The lowest BCUT2D eigenvalue weighted by Gasteiger charge is -2.08. The van der Waals surface area contributed by atoms with Crippen LogP contribution in [0.5, 0.6) is 0 Å². The molecule has 0 saturated heterocycles. The smallest absolute Gasteiger partial charge is 0.294 e. The fourth-order valence-electron chi connectivity index (χ4n) is 2.72. The number of hydrogen-bond acceptors (Lipinski definition) is 5. The summed E-state index contributed by atoms with van der Waals surface area (Å²) in [4.78, 5) is 22.7. The molecule has 1 amide bonds. The summed E-state index contributed by atoms with van der Waals surface area (Å²) in [5.41, 5.74) is 2.46. The van der Waals surface area contributed by atoms with Crippen molar-refractivity contribution >= 4 is 17.3 Å². The van der Waals surface area contributed by atoms with Crippen molar-refractivity contribution in [3.63, 3.8) is 0 Å². The van der Waals surface area contributed by atoms with Crippen molar-refractivity contribution in [2.24, 2.45) is 16.7 Å². The van der Waals surface area contributed by atoms with Gasteiger partial charge in [0.1, 0.15) is 5.69 Å². The highest BCUT2D eigenvalue weighted by Crippen LogP contribution is 2.62. The molecule has 4 N–H and O–H groups in total. The lowest BCUT2D eigenvalue weighted by molar-refractivity contribution is -0.384. The monoisotopic (exact) mass is 292 g/mol. The van der Waals surface area contributed by atoms with E-state index >= 15 is 0 Å². The molecule has 1 saturated carbocycles. The van der Waals surface area contributed by atoms with Crippen LogP contribution in [0.1, 0.15) is 38.1 Å². The van der Waals surface area contributed by atoms with Gasteiger partial charge >= 0.3 is 0 Å². The van der Waals surface area contributed by atoms with Gasteiger partial charge in [-0.3, -0.25) is 20.8 Å². The van der Waals surface area contributed by atoms with Gasteiger partial charge in [-0.25, -0.2) is 0 Å². The molecule has 0 heterocycles. The summed E-state index contributed by atoms with van der Waals surface area (Å²) in [7, 11) is 0. The standard InChI is InChI=1S/C14H20N4O3/c1-13(2)12(14(13,3)4)16-11(19)8-5-6-9(17-15)10(7-8)18(20)21/h5-7,12,17H,15H2,1-4H3,(H,16,19). The molecule has 2 rings (SSSR count). The Morgan fingerprint density at radius 1 is 1.29 bits per heavy atom. The Labute approximate surface area is 123 Å². The average Bonchev–Trinajstić information content (AvgIpc) is 2.80. The molecule has 1 aromatic carbocycles. The highest BCUT2D eigenvalue weighted by atomic mass is 16.6. The second-order valence-electron chi connectivity index (χ2n) is 6.48. The first kappa shape index (κ1) is 15.2. The molecule has 0 atom stereocenters. The van der Waals surface area contributed by atoms with Crippen molar-refractivity contribution in [2.45, 2.75) is 33.7 Å². The van der Waals surface area contributed by atoms with E-state index in [4.69, 9.17) is 5.84 Å². The summed E-state index contributed by atoms with van der Waals surface area (Å²) in [5, 5.41) is 13.9. The van der Waals surface area contributed by atoms with E-state index in [0.717, 1.165) is 0 Å². The molecular formula is C14H20N4O3. The molecule has 1 aliphatic rings. The first-order valence-corrected chi connectivity index (χ1v) is 6.69. The quantitative estimate of drug-likeness (QED) is 0.447. The number of benzene rings is 1. The Balaban J connectivity index is 2.22. The first-order chi connectivity index (χ1) is 9.62. The Kier molecular flexibility index (Phi) is 3.41. The zero-order valence-corrected chi connectivity index (χ0v) is 12.6. The zero-order valence-electron chi connectivity index (χ0n) is 12.6. The Morgan fingerprint density at radius 3 is 2.29 bits per heavy atom. The van der Waals surface area contributed by atoms with Crippen LogP contribution in [-0.2, 0) is 0 Å². The molecule has 0 aliphatic heterocycles. The van der Waals surface area contributed by atoms with Crippen LogP contribution in [0, 0.1) is 20.9 Å². The molecule has 0 radical (unpaired) electrons. The van der Waals surface area contributed by atoms with E-state index in [2.05, 4.69) is 38.4 Å². The van der Waals surface area contributed by atoms with Crippen molar-refractivity contribution in [1.29, 1.82) is 0 Å². The third kappa shape index (κ3) is 2.33. The van der Waals surface area contributed by atoms with Crippen LogP contribution in [0.4, 0.5) is 11.4 Å². The first-order valence-electron chi connectivity index (χ1n) is 6.69. The van der Waals surface area contributed by atoms with Gasteiger partial charge in [0.05, 0.1) is 4.92 Å². The van der Waals surface area contributed by atoms with Gasteiger partial charge in [0, 0.05) is 17.7 Å². The Bertz CT molecular complexity index is 596. The van der Waals surface area contributed by atoms with Crippen molar-refractivity contribution in [3.05, 3.63) is 33.9 Å². The van der Waals surface area contributed by atoms with Gasteiger partial charge < -0.3 is 10.7 Å². The number of anilines is 1. The summed E-state index contributed by atoms with van der Waals surface area (Å²) in [6.45, 7) is 8.34. The highest BCUT2D eigenvalue weighted by Gasteiger charge is 2.65. The predicted molar refractivity (Wildman–Crippen MR) is 79.7 cm³/mol. The summed E-state index contributed by atoms with van der Waals surface area (Å²) >= 11 is 0. The molecule has 0 spiro atoms. The second-order valence-corrected chi connectivity index (χ2v) is 6.48. The normalized spacial score (nSPS) is 18.9. The van der Waals surface area contributed by atoms with Gasteiger partial charge in [0.2, 0.25) is 0 Å². The van der Waals surface area contributed by atoms with Gasteiger partial charge in [0.15, 0.2) is 0 Å². The van der Waals surface area contributed by atoms with Gasteiger partial charge in [-0.2, -0.15) is 0 Å². The van der Waals surface area contributed by atoms with Crippen LogP contribution in [0.2, 0.25) is 0 Å². The number of rotatable bonds is 4. The van der Waals surface area contributed by atoms with E-state index in [1.807, 2.05) is 0 Å². The fraction of sp³-hybridized carbons (Fsp3) is 0.500. The number of carbonyl (C=O) groups is 1. The summed E-state index contributed by atoms with van der Waals surface area (Å²) in [6.07, 6.45) is 0. The van der Waals surface area contributed by atoms with Gasteiger partial charge in [-0.15, -0.1) is 0 Å². The molecule has 1 fully saturated rings. The minimum absolute atomic E-state index is 0.00729. The number of nitro groups is 1. The maximum atomic E-state index is 12.3. The van der Waals surface area contributed by atoms with E-state index in [9.17, 15) is 14.9 Å². The van der Waals surface area contributed by atoms with Crippen LogP contribution in [0.3, 0.4) is 0 Å². The number of nitrogens with one attached hydrogen (secondary N) is 2. The molecule has 7 nitrogen and oxygen atoms in total. The maximum absolute atomic E-state index is 12.3. The Morgan fingerprint density at radius 2 is 1.86 bits per heavy atom. The van der Waals surface area contributed by atoms with Crippen LogP contribution in [0.25, 0.3) is 0 Å². The van der Waals surface area contributed by atoms with E-state index in [-0.39, 0.29) is 39.7 Å². The average molecular weight is 292 g/mol. The molecule has 1 aliphatic carbocycles. The molecular weight excluding hydrogens is 272 g/mol. The molecule has 114 valence electrons. The molecule has 0 aromatic heterocycles. The van der Waals surface area contributed by atoms with Crippen LogP contribution < -0.4 is 16.6 Å². The lowest BCUT2D eigenvalue weighted by atomic mass is 10.0. The van der Waals surface area contributed by atoms with Crippen molar-refractivity contribution in [2.75, 3.05) is 5.43 Å². The van der Waals surface area contributed by atoms with Gasteiger partial charge in [-0.1, -0.05) is 27.7 Å². The van der Waals surface area contributed by atoms with Crippen molar-refractivity contribution < 1.29 is 9.72 Å². The highest BCUT2D eigenvalue weighted by molar-refractivity contribution is 5.96. The Hall–Kier alpha value is -2.15. The molecule has 7 heteroatoms. The van der Waals surface area contributed by atoms with Gasteiger partial charge in [0.25, 0.3) is 11.6 Å². The molecule has 1 aromatic rings. The zero-order chi connectivity index (χ0) is 16.0. The number of nitrogens with two attached hydrogens (primary N) is 1. The summed E-state index contributed by atoms with van der Waals surface area (Å²) < 4.78 is 0. The van der Waals surface area contributed by atoms with E-state index < -0.39 is 4.92 Å². The predicted octanol–water partition coefficient (Wildman–Crippen LogP) is 2.04. The molecule has 21 heavy (non-hydrogen) atoms. The number of hydrazine groups is 1. The molecule has 0 bridgehead atoms.